The zero-order valence-electron chi connectivity index (χ0n) is 11.9. The first-order chi connectivity index (χ1) is 9.92. The molecule has 0 saturated carbocycles. The molecule has 2 N–H and O–H groups in total. The molecule has 2 rings (SSSR count). The van der Waals surface area contributed by atoms with E-state index in [0.29, 0.717) is 5.02 Å². The van der Waals surface area contributed by atoms with E-state index in [1.54, 1.807) is 10.6 Å². The Bertz CT molecular complexity index is 772. The molecular weight excluding hydrogens is 290 g/mol. The highest BCUT2D eigenvalue weighted by Gasteiger charge is 2.23. The van der Waals surface area contributed by atoms with Gasteiger partial charge in [0.15, 0.2) is 5.69 Å². The number of carbonyl (C=O) groups excluding carboxylic acids is 1. The lowest BCUT2D eigenvalue weighted by Crippen LogP contribution is -2.12. The molecule has 0 atom stereocenters. The summed E-state index contributed by atoms with van der Waals surface area (Å²) >= 11 is 6.16. The van der Waals surface area contributed by atoms with Crippen molar-refractivity contribution in [2.24, 2.45) is 0 Å². The molecule has 0 aliphatic rings. The lowest BCUT2D eigenvalue weighted by atomic mass is 10.1. The van der Waals surface area contributed by atoms with Crippen LogP contribution in [-0.4, -0.2) is 17.6 Å². The van der Waals surface area contributed by atoms with Crippen LogP contribution in [0.1, 0.15) is 27.2 Å². The maximum atomic E-state index is 12.0. The number of benzene rings is 1. The van der Waals surface area contributed by atoms with Crippen molar-refractivity contribution in [3.8, 4) is 11.8 Å². The number of hydrogen-bond acceptors (Lipinski definition) is 4. The summed E-state index contributed by atoms with van der Waals surface area (Å²) in [5.41, 5.74) is 8.75. The minimum Gasteiger partial charge on any atom is -0.464 e. The fraction of sp³-hybridized carbons (Fsp3) is 0.200. The number of hydrogen-bond donors (Lipinski definition) is 1. The summed E-state index contributed by atoms with van der Waals surface area (Å²) in [6.07, 6.45) is 1.52. The number of ether oxygens (including phenoxy) is 1. The molecule has 0 spiro atoms. The zero-order valence-corrected chi connectivity index (χ0v) is 12.7. The second-order valence-electron chi connectivity index (χ2n) is 4.62. The second-order valence-corrected chi connectivity index (χ2v) is 5.02. The number of carbonyl (C=O) groups is 1. The molecule has 108 valence electrons. The molecule has 2 aromatic rings. The molecule has 1 aromatic carbocycles. The van der Waals surface area contributed by atoms with Crippen LogP contribution >= 0.6 is 11.6 Å². The molecule has 5 nitrogen and oxygen atoms in total. The van der Waals surface area contributed by atoms with Gasteiger partial charge >= 0.3 is 5.97 Å². The van der Waals surface area contributed by atoms with Crippen molar-refractivity contribution in [1.82, 2.24) is 4.57 Å². The van der Waals surface area contributed by atoms with E-state index in [1.165, 1.54) is 13.3 Å². The number of esters is 1. The molecule has 0 radical (unpaired) electrons. The van der Waals surface area contributed by atoms with E-state index in [4.69, 9.17) is 27.3 Å². The van der Waals surface area contributed by atoms with Crippen molar-refractivity contribution in [2.75, 3.05) is 12.8 Å². The summed E-state index contributed by atoms with van der Waals surface area (Å²) in [4.78, 5) is 12.0. The normalized spacial score (nSPS) is 10.2. The number of methoxy groups -OCH3 is 1. The first kappa shape index (κ1) is 14.9. The van der Waals surface area contributed by atoms with Gasteiger partial charge in [-0.2, -0.15) is 5.26 Å². The Morgan fingerprint density at radius 1 is 1.43 bits per heavy atom. The average Bonchev–Trinajstić information content (AvgIpc) is 2.79. The van der Waals surface area contributed by atoms with Crippen molar-refractivity contribution in [3.05, 3.63) is 45.7 Å². The van der Waals surface area contributed by atoms with Crippen LogP contribution in [0.15, 0.2) is 18.3 Å². The van der Waals surface area contributed by atoms with Gasteiger partial charge in [-0.05, 0) is 31.0 Å². The molecule has 21 heavy (non-hydrogen) atoms. The largest absolute Gasteiger partial charge is 0.464 e. The fourth-order valence-electron chi connectivity index (χ4n) is 2.27. The van der Waals surface area contributed by atoms with Gasteiger partial charge in [0, 0.05) is 11.2 Å². The van der Waals surface area contributed by atoms with Crippen molar-refractivity contribution >= 4 is 23.3 Å². The highest BCUT2D eigenvalue weighted by atomic mass is 35.5. The van der Waals surface area contributed by atoms with Crippen molar-refractivity contribution < 1.29 is 9.53 Å². The molecule has 1 aromatic heterocycles. The highest BCUT2D eigenvalue weighted by molar-refractivity contribution is 6.31. The molecule has 0 amide bonds. The standard InChI is InChI=1S/C15H14ClN3O2/c1-8-4-5-11(16)9(2)13(8)19-7-10(6-17)12(18)14(19)15(20)21-3/h4-5,7H,18H2,1-3H3. The van der Waals surface area contributed by atoms with E-state index >= 15 is 0 Å². The maximum absolute atomic E-state index is 12.0. The minimum absolute atomic E-state index is 0.100. The summed E-state index contributed by atoms with van der Waals surface area (Å²) in [7, 11) is 1.27. The number of halogens is 1. The number of nitrogens with zero attached hydrogens (tertiary/aromatic N) is 2. The molecule has 0 fully saturated rings. The average molecular weight is 304 g/mol. The van der Waals surface area contributed by atoms with Gasteiger partial charge in [0.1, 0.15) is 6.07 Å². The quantitative estimate of drug-likeness (QED) is 0.865. The van der Waals surface area contributed by atoms with Gasteiger partial charge in [-0.15, -0.1) is 0 Å². The Morgan fingerprint density at radius 2 is 2.10 bits per heavy atom. The molecule has 0 aliphatic heterocycles. The number of nitrogen functional groups attached to an aromatic ring is 1. The highest BCUT2D eigenvalue weighted by Crippen LogP contribution is 2.31. The van der Waals surface area contributed by atoms with Crippen molar-refractivity contribution in [1.29, 1.82) is 5.26 Å². The first-order valence-corrected chi connectivity index (χ1v) is 6.55. The number of aryl methyl sites for hydroxylation is 1. The number of rotatable bonds is 2. The van der Waals surface area contributed by atoms with Crippen LogP contribution in [0, 0.1) is 25.2 Å². The van der Waals surface area contributed by atoms with Crippen LogP contribution < -0.4 is 5.73 Å². The molecule has 0 aliphatic carbocycles. The van der Waals surface area contributed by atoms with Crippen LogP contribution in [0.3, 0.4) is 0 Å². The Morgan fingerprint density at radius 3 is 2.67 bits per heavy atom. The third-order valence-corrected chi connectivity index (χ3v) is 3.76. The molecule has 0 unspecified atom stereocenters. The number of nitriles is 1. The maximum Gasteiger partial charge on any atom is 0.357 e. The molecular formula is C15H14ClN3O2. The van der Waals surface area contributed by atoms with Gasteiger partial charge in [0.05, 0.1) is 24.0 Å². The van der Waals surface area contributed by atoms with E-state index in [-0.39, 0.29) is 16.9 Å². The lowest BCUT2D eigenvalue weighted by molar-refractivity contribution is 0.0593. The molecule has 0 saturated heterocycles. The van der Waals surface area contributed by atoms with Gasteiger partial charge in [0.25, 0.3) is 0 Å². The van der Waals surface area contributed by atoms with Gasteiger partial charge in [-0.25, -0.2) is 4.79 Å². The predicted molar refractivity (Wildman–Crippen MR) is 80.7 cm³/mol. The van der Waals surface area contributed by atoms with E-state index in [2.05, 4.69) is 0 Å². The number of aromatic nitrogens is 1. The van der Waals surface area contributed by atoms with Gasteiger partial charge in [-0.3, -0.25) is 0 Å². The number of anilines is 1. The summed E-state index contributed by atoms with van der Waals surface area (Å²) < 4.78 is 6.33. The zero-order chi connectivity index (χ0) is 15.7. The lowest BCUT2D eigenvalue weighted by Gasteiger charge is -2.15. The van der Waals surface area contributed by atoms with Gasteiger partial charge < -0.3 is 15.0 Å². The Labute approximate surface area is 127 Å². The van der Waals surface area contributed by atoms with Gasteiger partial charge in [-0.1, -0.05) is 17.7 Å². The fourth-order valence-corrected chi connectivity index (χ4v) is 2.43. The van der Waals surface area contributed by atoms with E-state index in [9.17, 15) is 4.79 Å². The van der Waals surface area contributed by atoms with E-state index in [0.717, 1.165) is 16.8 Å². The Hall–Kier alpha value is -2.45. The van der Waals surface area contributed by atoms with E-state index in [1.807, 2.05) is 26.0 Å². The molecule has 1 heterocycles. The SMILES string of the molecule is COC(=O)c1c(N)c(C#N)cn1-c1c(C)ccc(Cl)c1C. The predicted octanol–water partition coefficient (Wildman–Crippen LogP) is 2.99. The van der Waals surface area contributed by atoms with Crippen LogP contribution in [0.4, 0.5) is 5.69 Å². The summed E-state index contributed by atoms with van der Waals surface area (Å²) in [6.45, 7) is 3.73. The van der Waals surface area contributed by atoms with E-state index < -0.39 is 5.97 Å². The third kappa shape index (κ3) is 2.34. The Kier molecular flexibility index (Phi) is 3.92. The minimum atomic E-state index is -0.604. The van der Waals surface area contributed by atoms with Crippen LogP contribution in [0.2, 0.25) is 5.02 Å². The van der Waals surface area contributed by atoms with Crippen LogP contribution in [0.25, 0.3) is 5.69 Å². The summed E-state index contributed by atoms with van der Waals surface area (Å²) in [5.74, 6) is -0.604. The van der Waals surface area contributed by atoms with Crippen molar-refractivity contribution in [3.63, 3.8) is 0 Å². The molecule has 0 bridgehead atoms. The Balaban J connectivity index is 2.85. The van der Waals surface area contributed by atoms with Crippen molar-refractivity contribution in [2.45, 2.75) is 13.8 Å². The topological polar surface area (TPSA) is 81.0 Å². The smallest absolute Gasteiger partial charge is 0.357 e. The second kappa shape index (κ2) is 5.51. The first-order valence-electron chi connectivity index (χ1n) is 6.17. The van der Waals surface area contributed by atoms with Crippen LogP contribution in [-0.2, 0) is 4.74 Å². The molecule has 6 heteroatoms. The summed E-state index contributed by atoms with van der Waals surface area (Å²) in [5, 5.41) is 9.70. The van der Waals surface area contributed by atoms with Gasteiger partial charge in [0.2, 0.25) is 0 Å². The number of nitrogens with two attached hydrogens (primary N) is 1. The monoisotopic (exact) mass is 303 g/mol. The third-order valence-electron chi connectivity index (χ3n) is 3.35. The van der Waals surface area contributed by atoms with Crippen LogP contribution in [0.5, 0.6) is 0 Å². The summed E-state index contributed by atoms with van der Waals surface area (Å²) in [6, 6.07) is 5.60.